The van der Waals surface area contributed by atoms with Gasteiger partial charge in [0.25, 0.3) is 0 Å². The quantitative estimate of drug-likeness (QED) is 0.0384. The third-order valence-electron chi connectivity index (χ3n) is 17.7. The number of urea groups is 3. The van der Waals surface area contributed by atoms with Crippen LogP contribution >= 0.6 is 0 Å². The molecule has 0 spiro atoms. The average molecular weight is 1730 g/mol. The highest BCUT2D eigenvalue weighted by Gasteiger charge is 2.35. The van der Waals surface area contributed by atoms with Gasteiger partial charge >= 0.3 is 18.1 Å². The lowest BCUT2D eigenvalue weighted by atomic mass is 9.96. The molecule has 0 heterocycles. The zero-order chi connectivity index (χ0) is 92.5. The van der Waals surface area contributed by atoms with Crippen molar-refractivity contribution in [2.45, 2.75) is 268 Å². The third kappa shape index (κ3) is 64.1. The van der Waals surface area contributed by atoms with Gasteiger partial charge in [-0.15, -0.1) is 0 Å². The van der Waals surface area contributed by atoms with Gasteiger partial charge in [-0.2, -0.15) is 0 Å². The number of ketones is 3. The maximum atomic E-state index is 13.5. The van der Waals surface area contributed by atoms with E-state index in [1.165, 1.54) is 0 Å². The van der Waals surface area contributed by atoms with Gasteiger partial charge < -0.3 is 135 Å². The lowest BCUT2D eigenvalue weighted by molar-refractivity contribution is -0.133. The van der Waals surface area contributed by atoms with E-state index in [2.05, 4.69) is 81.0 Å². The molecule has 0 saturated carbocycles. The zero-order valence-electron chi connectivity index (χ0n) is 77.2. The van der Waals surface area contributed by atoms with E-state index in [9.17, 15) is 57.5 Å². The second-order valence-electron chi connectivity index (χ2n) is 32.8. The molecule has 22 N–H and O–H groups in total. The van der Waals surface area contributed by atoms with Crippen molar-refractivity contribution in [2.75, 3.05) is 145 Å². The first kappa shape index (κ1) is 118. The monoisotopic (exact) mass is 1730 g/mol. The minimum Gasteiger partial charge on any atom is -0.387 e. The summed E-state index contributed by atoms with van der Waals surface area (Å²) >= 11 is 0. The lowest BCUT2D eigenvalue weighted by Gasteiger charge is -2.28. The van der Waals surface area contributed by atoms with Crippen LogP contribution < -0.4 is 97.4 Å². The van der Waals surface area contributed by atoms with Crippen LogP contribution in [0.25, 0.3) is 0 Å². The van der Waals surface area contributed by atoms with Crippen molar-refractivity contribution in [2.24, 2.45) is 58.4 Å². The van der Waals surface area contributed by atoms with Crippen LogP contribution in [0, 0.1) is 35.5 Å². The minimum absolute atomic E-state index is 0.0173. The molecule has 0 unspecified atom stereocenters. The maximum absolute atomic E-state index is 13.5. The number of nitrogens with one attached hydrogen (secondary N) is 14. The number of rotatable bonds is 71. The van der Waals surface area contributed by atoms with E-state index >= 15 is 0 Å². The van der Waals surface area contributed by atoms with Gasteiger partial charge in [-0.25, -0.2) is 14.4 Å². The Labute approximate surface area is 722 Å². The molecule has 12 amide bonds. The Kier molecular flexibility index (Phi) is 70.1. The number of nitrogens with two attached hydrogens (primary N) is 4. The van der Waals surface area contributed by atoms with E-state index < -0.39 is 90.2 Å². The van der Waals surface area contributed by atoms with Crippen LogP contribution in [-0.2, 0) is 81.0 Å². The number of Topliss-reactive ketones (excluding diaryl/α,β-unsaturated/α-hetero) is 3. The molecule has 0 radical (unpaired) electrons. The van der Waals surface area contributed by atoms with Crippen molar-refractivity contribution in [1.29, 1.82) is 0 Å². The van der Waals surface area contributed by atoms with E-state index in [0.717, 1.165) is 0 Å². The number of methoxy groups -OCH3 is 1. The van der Waals surface area contributed by atoms with Crippen molar-refractivity contribution >= 4 is 70.9 Å². The lowest BCUT2D eigenvalue weighted by Crippen LogP contribution is -2.59. The number of amides is 12. The molecule has 0 saturated heterocycles. The minimum atomic E-state index is -0.877. The molecule has 706 valence electrons. The second kappa shape index (κ2) is 72.0. The molecule has 0 aliphatic carbocycles. The first-order valence-corrected chi connectivity index (χ1v) is 43.1. The summed E-state index contributed by atoms with van der Waals surface area (Å²) in [5, 5.41) is 40.4. The van der Waals surface area contributed by atoms with Crippen LogP contribution in [0.5, 0.6) is 0 Å². The number of hydrogen-bond donors (Lipinski definition) is 18. The topological polar surface area (TPSA) is 551 Å². The fourth-order valence-corrected chi connectivity index (χ4v) is 11.3. The van der Waals surface area contributed by atoms with Gasteiger partial charge in [0.05, 0.1) is 129 Å². The van der Waals surface area contributed by atoms with Crippen molar-refractivity contribution in [1.82, 2.24) is 74.4 Å². The smallest absolute Gasteiger partial charge is 0.312 e. The Morgan fingerprint density at radius 2 is 0.620 bits per heavy atom. The average Bonchev–Trinajstić information content (AvgIpc) is 0.869. The van der Waals surface area contributed by atoms with Gasteiger partial charge in [0.1, 0.15) is 24.2 Å². The predicted molar refractivity (Wildman–Crippen MR) is 468 cm³/mol. The van der Waals surface area contributed by atoms with E-state index in [1.807, 2.05) is 111 Å². The summed E-state index contributed by atoms with van der Waals surface area (Å²) in [6, 6.07) is -8.05. The molecule has 121 heavy (non-hydrogen) atoms. The highest BCUT2D eigenvalue weighted by atomic mass is 16.6. The normalized spacial score (nSPS) is 13.7. The Bertz CT molecular complexity index is 2880. The van der Waals surface area contributed by atoms with Gasteiger partial charge in [0.2, 0.25) is 35.4 Å². The molecule has 0 aliphatic rings. The Morgan fingerprint density at radius 1 is 0.331 bits per heavy atom. The predicted octanol–water partition coefficient (Wildman–Crippen LogP) is 1.56. The van der Waals surface area contributed by atoms with E-state index in [-0.39, 0.29) is 114 Å². The molecule has 0 aliphatic heterocycles. The number of carbonyl (C=O) groups is 12. The summed E-state index contributed by atoms with van der Waals surface area (Å²) in [7, 11) is 1.64. The van der Waals surface area contributed by atoms with Gasteiger partial charge in [-0.3, -0.25) is 43.2 Å². The van der Waals surface area contributed by atoms with Crippen LogP contribution in [0.4, 0.5) is 14.4 Å². The number of ether oxygens (including phenoxy) is 8. The van der Waals surface area contributed by atoms with Gasteiger partial charge in [0, 0.05) is 101 Å². The fourth-order valence-electron chi connectivity index (χ4n) is 11.3. The molecule has 0 rings (SSSR count). The Hall–Kier alpha value is -7.34. The molecule has 9 atom stereocenters. The molecule has 38 heteroatoms. The summed E-state index contributed by atoms with van der Waals surface area (Å²) in [4.78, 5) is 150. The van der Waals surface area contributed by atoms with Gasteiger partial charge in [0.15, 0.2) is 17.3 Å². The molecular formula is C83H164N18O20. The zero-order valence-corrected chi connectivity index (χ0v) is 77.2. The van der Waals surface area contributed by atoms with Gasteiger partial charge in [-0.1, -0.05) is 145 Å². The summed E-state index contributed by atoms with van der Waals surface area (Å²) in [6.45, 7) is 50.4. The maximum Gasteiger partial charge on any atom is 0.312 e. The summed E-state index contributed by atoms with van der Waals surface area (Å²) in [5.74, 6) is -3.67. The molecular weight excluding hydrogens is 1570 g/mol. The number of carbonyl (C=O) groups excluding carboxylic acids is 12. The van der Waals surface area contributed by atoms with Crippen molar-refractivity contribution in [3.63, 3.8) is 0 Å². The Morgan fingerprint density at radius 3 is 0.901 bits per heavy atom. The number of hydrogen-bond acceptors (Lipinski definition) is 26. The molecule has 0 fully saturated rings. The highest BCUT2D eigenvalue weighted by molar-refractivity contribution is 5.96. The first-order valence-electron chi connectivity index (χ1n) is 43.1. The highest BCUT2D eigenvalue weighted by Crippen LogP contribution is 2.14. The summed E-state index contributed by atoms with van der Waals surface area (Å²) in [5.41, 5.74) is 21.6. The number of primary amides is 3. The van der Waals surface area contributed by atoms with E-state index in [1.54, 1.807) is 34.8 Å². The van der Waals surface area contributed by atoms with E-state index in [4.69, 9.17) is 60.8 Å². The summed E-state index contributed by atoms with van der Waals surface area (Å²) in [6.07, 6.45) is 3.25. The summed E-state index contributed by atoms with van der Waals surface area (Å²) < 4.78 is 43.3. The van der Waals surface area contributed by atoms with Crippen molar-refractivity contribution in [3.05, 3.63) is 12.3 Å². The van der Waals surface area contributed by atoms with Crippen LogP contribution in [0.15, 0.2) is 12.3 Å². The third-order valence-corrected chi connectivity index (χ3v) is 17.7. The molecule has 0 aromatic carbocycles. The first-order chi connectivity index (χ1) is 56.9. The molecule has 0 aromatic heterocycles. The molecule has 38 nitrogen and oxygen atoms in total. The van der Waals surface area contributed by atoms with Crippen molar-refractivity contribution < 1.29 is 95.4 Å². The molecule has 0 bridgehead atoms. The second-order valence-corrected chi connectivity index (χ2v) is 32.8. The Balaban J connectivity index is -0.00000187. The van der Waals surface area contributed by atoms with Crippen LogP contribution in [0.2, 0.25) is 0 Å². The van der Waals surface area contributed by atoms with Crippen LogP contribution in [-0.4, -0.2) is 295 Å². The van der Waals surface area contributed by atoms with E-state index in [0.29, 0.717) is 176 Å². The van der Waals surface area contributed by atoms with Crippen molar-refractivity contribution in [3.8, 4) is 0 Å². The fraction of sp³-hybridized carbons (Fsp3) is 0.831. The van der Waals surface area contributed by atoms with Crippen LogP contribution in [0.3, 0.4) is 0 Å². The SMILES string of the molecule is C=C(CCOCCOCCOCCOCCOCCOCCOCCOC)NC[C@H](NC(C)C)C(=O)N[C@H](C(=O)N[C@@H](CCCNC(N)=O)C(=O)CC(C)C)C(C)C.CC(C)NC[C@H](NC(C)C)C(=O)N[C@H](C(=O)N[C@@H](CCCNC(N)=O)C(=O)C(C)C)C(C)C.CC(C)N[C@@H](CN)C(=O)N[C@H](C(=O)N[C@@H](CCCNC(N)=O)C(=O)C(C)C)C(C)C. The van der Waals surface area contributed by atoms with Gasteiger partial charge in [-0.05, 0) is 62.2 Å². The van der Waals surface area contributed by atoms with Crippen LogP contribution in [0.1, 0.15) is 190 Å². The standard InChI is InChI=1S/C40H78N6O12.C23H46N6O4.C20H40N6O4/c1-30(2)28-36(47)34(10-9-12-42-40(41)50)45-39(49)37(31(3)4)46-38(48)35(44-32(5)6)29-43-33(7)11-13-52-16-17-54-20-21-56-24-25-58-27-26-57-23-22-55-19-18-53-15-14-51-8;1-13(2)19(29-21(31)18(27-16(7)8)12-26-15(5)6)22(32)28-17(20(30)14(3)4)10-9-11-25-23(24)33;1-11(2)16(26-18(28)15(10-21)24-13(5)6)19(29)25-14(17(27)12(3)4)8-7-9-23-20(22)30/h30-32,34-35,37,43-44H,7,9-29H2,1-6,8H3,(H,45,49)(H,46,48)(H3,41,42,50);13-19,26-27H,9-12H2,1-8H3,(H,28,32)(H,29,31)(H3,24,25,33);11-16,24H,7-10,21H2,1-6H3,(H,25,29)(H,26,28)(H3,22,23,30)/t34-,35-,37-;17-,18-,19-;14-,15-,16-/m000/s1. The largest absolute Gasteiger partial charge is 0.387 e. The molecule has 0 aromatic rings.